The minimum atomic E-state index is -1.73. The van der Waals surface area contributed by atoms with E-state index in [0.717, 1.165) is 11.8 Å². The van der Waals surface area contributed by atoms with Gasteiger partial charge in [0.15, 0.2) is 9.04 Å². The van der Waals surface area contributed by atoms with Gasteiger partial charge in [0.05, 0.1) is 0 Å². The average molecular weight is 329 g/mol. The summed E-state index contributed by atoms with van der Waals surface area (Å²) in [6.45, 7) is 25.7. The summed E-state index contributed by atoms with van der Waals surface area (Å²) < 4.78 is 0. The van der Waals surface area contributed by atoms with Crippen molar-refractivity contribution in [2.75, 3.05) is 0 Å². The van der Waals surface area contributed by atoms with E-state index in [9.17, 15) is 4.80 Å². The van der Waals surface area contributed by atoms with Crippen molar-refractivity contribution in [3.8, 4) is 0 Å². The summed E-state index contributed by atoms with van der Waals surface area (Å²) in [5.41, 5.74) is 0.990. The smallest absolute Gasteiger partial charge is 0.178 e. The average Bonchev–Trinajstić information content (AvgIpc) is 2.48. The lowest BCUT2D eigenvalue weighted by Gasteiger charge is -2.38. The molecule has 0 aliphatic rings. The third-order valence-electron chi connectivity index (χ3n) is 7.33. The van der Waals surface area contributed by atoms with E-state index >= 15 is 0 Å². The molecule has 0 aromatic carbocycles. The van der Waals surface area contributed by atoms with Gasteiger partial charge >= 0.3 is 0 Å². The largest absolute Gasteiger partial charge is 0.434 e. The maximum absolute atomic E-state index is 11.1. The van der Waals surface area contributed by atoms with E-state index in [2.05, 4.69) is 76.2 Å². The highest BCUT2D eigenvalue weighted by Crippen LogP contribution is 2.40. The van der Waals surface area contributed by atoms with Crippen LogP contribution in [-0.4, -0.2) is 13.8 Å². The van der Waals surface area contributed by atoms with Crippen LogP contribution >= 0.6 is 0 Å². The van der Waals surface area contributed by atoms with Crippen LogP contribution in [-0.2, 0) is 0 Å². The summed E-state index contributed by atoms with van der Waals surface area (Å²) in [7, 11) is -1.73. The third-order valence-corrected chi connectivity index (χ3v) is 10.7. The van der Waals surface area contributed by atoms with E-state index in [-0.39, 0.29) is 0 Å². The molecule has 0 radical (unpaired) electrons. The van der Waals surface area contributed by atoms with E-state index in [1.54, 1.807) is 0 Å². The Hall–Kier alpha value is 0.177. The summed E-state index contributed by atoms with van der Waals surface area (Å²) in [5.74, 6) is 4.75. The molecule has 1 nitrogen and oxygen atoms in total. The highest BCUT2D eigenvalue weighted by atomic mass is 28.3. The highest BCUT2D eigenvalue weighted by molar-refractivity contribution is 6.53. The van der Waals surface area contributed by atoms with Gasteiger partial charge in [0.25, 0.3) is 0 Å². The van der Waals surface area contributed by atoms with Crippen LogP contribution in [0.1, 0.15) is 76.2 Å². The SMILES string of the molecule is CC(C)C(C)C(C)C(C)C(C)[SiH](O)C(C)C(C)C(C)C(C)C. The monoisotopic (exact) mass is 328 g/mol. The quantitative estimate of drug-likeness (QED) is 0.516. The fraction of sp³-hybridized carbons (Fsp3) is 1.00. The van der Waals surface area contributed by atoms with Crippen molar-refractivity contribution in [3.05, 3.63) is 0 Å². The maximum Gasteiger partial charge on any atom is 0.178 e. The number of rotatable bonds is 9. The molecule has 0 spiro atoms. The third kappa shape index (κ3) is 5.67. The van der Waals surface area contributed by atoms with Crippen molar-refractivity contribution in [2.45, 2.75) is 87.2 Å². The second-order valence-electron chi connectivity index (χ2n) is 8.99. The van der Waals surface area contributed by atoms with Crippen molar-refractivity contribution < 1.29 is 4.80 Å². The Kier molecular flexibility index (Phi) is 9.54. The van der Waals surface area contributed by atoms with Gasteiger partial charge < -0.3 is 4.80 Å². The fourth-order valence-electron chi connectivity index (χ4n) is 3.75. The first-order chi connectivity index (χ1) is 9.93. The zero-order chi connectivity index (χ0) is 17.8. The maximum atomic E-state index is 11.1. The first-order valence-electron chi connectivity index (χ1n) is 9.61. The molecule has 134 valence electrons. The lowest BCUT2D eigenvalue weighted by atomic mass is 9.78. The van der Waals surface area contributed by atoms with E-state index < -0.39 is 9.04 Å². The Morgan fingerprint density at radius 3 is 1.05 bits per heavy atom. The summed E-state index contributed by atoms with van der Waals surface area (Å²) in [6, 6.07) is 0. The highest BCUT2D eigenvalue weighted by Gasteiger charge is 2.36. The van der Waals surface area contributed by atoms with Gasteiger partial charge in [-0.3, -0.25) is 0 Å². The fourth-order valence-corrected chi connectivity index (χ4v) is 6.65. The summed E-state index contributed by atoms with van der Waals surface area (Å²) in [4.78, 5) is 11.1. The van der Waals surface area contributed by atoms with Gasteiger partial charge in [0, 0.05) is 0 Å². The van der Waals surface area contributed by atoms with Crippen molar-refractivity contribution in [1.29, 1.82) is 0 Å². The van der Waals surface area contributed by atoms with Gasteiger partial charge in [-0.1, -0.05) is 76.2 Å². The molecule has 8 atom stereocenters. The Labute approximate surface area is 143 Å². The zero-order valence-corrected chi connectivity index (χ0v) is 18.4. The van der Waals surface area contributed by atoms with Crippen LogP contribution in [0.25, 0.3) is 0 Å². The van der Waals surface area contributed by atoms with Gasteiger partial charge in [-0.2, -0.15) is 0 Å². The Bertz CT molecular complexity index is 272. The van der Waals surface area contributed by atoms with E-state index in [1.165, 1.54) is 0 Å². The predicted octanol–water partition coefficient (Wildman–Crippen LogP) is 5.98. The molecule has 1 N–H and O–H groups in total. The summed E-state index contributed by atoms with van der Waals surface area (Å²) in [5, 5.41) is 0. The van der Waals surface area contributed by atoms with Gasteiger partial charge in [0.2, 0.25) is 0 Å². The second kappa shape index (κ2) is 9.47. The van der Waals surface area contributed by atoms with E-state index in [1.807, 2.05) is 0 Å². The molecule has 0 rings (SSSR count). The Morgan fingerprint density at radius 2 is 0.727 bits per heavy atom. The molecular weight excluding hydrogens is 284 g/mol. The molecular formula is C20H44OSi. The van der Waals surface area contributed by atoms with Gasteiger partial charge in [-0.15, -0.1) is 0 Å². The summed E-state index contributed by atoms with van der Waals surface area (Å²) in [6.07, 6.45) is 0. The van der Waals surface area contributed by atoms with Crippen LogP contribution in [0.4, 0.5) is 0 Å². The molecule has 0 aliphatic heterocycles. The summed E-state index contributed by atoms with van der Waals surface area (Å²) >= 11 is 0. The zero-order valence-electron chi connectivity index (χ0n) is 17.2. The molecule has 8 unspecified atom stereocenters. The molecule has 0 amide bonds. The molecule has 0 aliphatic carbocycles. The molecule has 0 aromatic heterocycles. The minimum absolute atomic E-state index is 0.494. The van der Waals surface area contributed by atoms with Crippen LogP contribution < -0.4 is 0 Å². The van der Waals surface area contributed by atoms with Crippen LogP contribution in [0.2, 0.25) is 11.1 Å². The first kappa shape index (κ1) is 22.2. The van der Waals surface area contributed by atoms with Crippen LogP contribution in [0.3, 0.4) is 0 Å². The van der Waals surface area contributed by atoms with Crippen molar-refractivity contribution >= 4 is 9.04 Å². The number of hydrogen-bond acceptors (Lipinski definition) is 1. The first-order valence-corrected chi connectivity index (χ1v) is 11.5. The van der Waals surface area contributed by atoms with Gasteiger partial charge in [-0.25, -0.2) is 0 Å². The molecule has 22 heavy (non-hydrogen) atoms. The van der Waals surface area contributed by atoms with Crippen LogP contribution in [0.15, 0.2) is 0 Å². The Balaban J connectivity index is 4.86. The van der Waals surface area contributed by atoms with Crippen LogP contribution in [0, 0.1) is 41.4 Å². The molecule has 0 saturated heterocycles. The predicted molar refractivity (Wildman–Crippen MR) is 104 cm³/mol. The standard InChI is InChI=1S/C20H44OSi/c1-12(2)14(5)16(7)18(9)20(11)22(21)19(10)17(8)15(6)13(3)4/h12-22H,1-11H3. The Morgan fingerprint density at radius 1 is 0.455 bits per heavy atom. The molecule has 0 aromatic rings. The van der Waals surface area contributed by atoms with Crippen molar-refractivity contribution in [3.63, 3.8) is 0 Å². The molecule has 0 fully saturated rings. The van der Waals surface area contributed by atoms with E-state index in [0.29, 0.717) is 40.7 Å². The molecule has 0 heterocycles. The normalized spacial score (nSPS) is 23.7. The molecule has 0 bridgehead atoms. The van der Waals surface area contributed by atoms with Crippen LogP contribution in [0.5, 0.6) is 0 Å². The molecule has 2 heteroatoms. The second-order valence-corrected chi connectivity index (χ2v) is 12.1. The van der Waals surface area contributed by atoms with E-state index in [4.69, 9.17) is 0 Å². The minimum Gasteiger partial charge on any atom is -0.434 e. The lowest BCUT2D eigenvalue weighted by Crippen LogP contribution is -2.36. The lowest BCUT2D eigenvalue weighted by molar-refractivity contribution is 0.210. The van der Waals surface area contributed by atoms with Crippen molar-refractivity contribution in [2.24, 2.45) is 41.4 Å². The van der Waals surface area contributed by atoms with Crippen molar-refractivity contribution in [1.82, 2.24) is 0 Å². The van der Waals surface area contributed by atoms with Gasteiger partial charge in [0.1, 0.15) is 0 Å². The topological polar surface area (TPSA) is 20.2 Å². The number of hydrogen-bond donors (Lipinski definition) is 1. The molecule has 0 saturated carbocycles. The van der Waals surface area contributed by atoms with Gasteiger partial charge in [-0.05, 0) is 52.5 Å².